The molecule has 25 heavy (non-hydrogen) atoms. The third kappa shape index (κ3) is 3.98. The summed E-state index contributed by atoms with van der Waals surface area (Å²) in [4.78, 5) is 38.1. The largest absolute Gasteiger partial charge is 0.451 e. The summed E-state index contributed by atoms with van der Waals surface area (Å²) >= 11 is 0. The summed E-state index contributed by atoms with van der Waals surface area (Å²) in [5, 5.41) is 3.97. The lowest BCUT2D eigenvalue weighted by atomic mass is 10.1. The zero-order chi connectivity index (χ0) is 18.7. The van der Waals surface area contributed by atoms with Crippen LogP contribution in [-0.4, -0.2) is 52.0 Å². The van der Waals surface area contributed by atoms with Gasteiger partial charge in [0.1, 0.15) is 6.04 Å². The van der Waals surface area contributed by atoms with Gasteiger partial charge in [0.15, 0.2) is 5.69 Å². The average Bonchev–Trinajstić information content (AvgIpc) is 2.55. The first kappa shape index (κ1) is 18.9. The normalized spacial score (nSPS) is 15.3. The first-order chi connectivity index (χ1) is 11.7. The maximum atomic E-state index is 12.6. The summed E-state index contributed by atoms with van der Waals surface area (Å²) < 4.78 is 11.7. The number of aromatic nitrogens is 2. The van der Waals surface area contributed by atoms with Gasteiger partial charge < -0.3 is 20.1 Å². The van der Waals surface area contributed by atoms with E-state index in [-0.39, 0.29) is 29.3 Å². The molecule has 1 aliphatic heterocycles. The standard InChI is InChI=1S/C16H24N4O5/c1-9(2)12(17)16(23)25-8-24-14-11(21)7-18-20-6-5-19(10(3)4)15(22)13(14)20/h7,9-10,12H,5-6,8,17H2,1-4H3/t12-/m0/s1. The highest BCUT2D eigenvalue weighted by Gasteiger charge is 2.31. The van der Waals surface area contributed by atoms with E-state index in [1.165, 1.54) is 4.68 Å². The van der Waals surface area contributed by atoms with E-state index in [4.69, 9.17) is 15.2 Å². The van der Waals surface area contributed by atoms with Crippen molar-refractivity contribution in [1.82, 2.24) is 14.7 Å². The molecule has 0 aliphatic carbocycles. The van der Waals surface area contributed by atoms with Crippen LogP contribution in [0.5, 0.6) is 5.75 Å². The molecule has 0 spiro atoms. The molecule has 0 radical (unpaired) electrons. The van der Waals surface area contributed by atoms with Crippen molar-refractivity contribution >= 4 is 11.9 Å². The topological polar surface area (TPSA) is 117 Å². The Balaban J connectivity index is 2.18. The van der Waals surface area contributed by atoms with Gasteiger partial charge in [-0.1, -0.05) is 13.8 Å². The van der Waals surface area contributed by atoms with Crippen LogP contribution in [0.1, 0.15) is 38.2 Å². The van der Waals surface area contributed by atoms with Crippen LogP contribution < -0.4 is 15.9 Å². The third-order valence-electron chi connectivity index (χ3n) is 4.05. The van der Waals surface area contributed by atoms with Gasteiger partial charge in [-0.05, 0) is 19.8 Å². The quantitative estimate of drug-likeness (QED) is 0.564. The minimum Gasteiger partial charge on any atom is -0.451 e. The Morgan fingerprint density at radius 1 is 1.28 bits per heavy atom. The second-order valence-electron chi connectivity index (χ2n) is 6.50. The van der Waals surface area contributed by atoms with Crippen molar-refractivity contribution in [3.05, 3.63) is 22.1 Å². The molecule has 0 fully saturated rings. The molecule has 1 aromatic rings. The van der Waals surface area contributed by atoms with Crippen molar-refractivity contribution in [2.75, 3.05) is 13.3 Å². The molecule has 9 heteroatoms. The number of carbonyl (C=O) groups excluding carboxylic acids is 2. The van der Waals surface area contributed by atoms with Crippen LogP contribution in [-0.2, 0) is 16.1 Å². The van der Waals surface area contributed by atoms with Gasteiger partial charge in [-0.3, -0.25) is 19.1 Å². The molecule has 0 aromatic carbocycles. The molecule has 1 aromatic heterocycles. The van der Waals surface area contributed by atoms with Crippen molar-refractivity contribution in [1.29, 1.82) is 0 Å². The second-order valence-corrected chi connectivity index (χ2v) is 6.50. The highest BCUT2D eigenvalue weighted by Crippen LogP contribution is 2.20. The molecule has 0 saturated carbocycles. The number of fused-ring (bicyclic) bond motifs is 1. The Morgan fingerprint density at radius 3 is 2.56 bits per heavy atom. The number of hydrogen-bond acceptors (Lipinski definition) is 7. The molecule has 1 amide bonds. The molecule has 138 valence electrons. The molecular formula is C16H24N4O5. The number of carbonyl (C=O) groups is 2. The van der Waals surface area contributed by atoms with Crippen molar-refractivity contribution in [3.8, 4) is 5.75 Å². The minimum atomic E-state index is -0.783. The molecule has 0 bridgehead atoms. The number of nitrogens with two attached hydrogens (primary N) is 1. The fraction of sp³-hybridized carbons (Fsp3) is 0.625. The fourth-order valence-electron chi connectivity index (χ4n) is 2.44. The van der Waals surface area contributed by atoms with Gasteiger partial charge in [-0.2, -0.15) is 5.10 Å². The number of rotatable bonds is 6. The average molecular weight is 352 g/mol. The highest BCUT2D eigenvalue weighted by atomic mass is 16.7. The van der Waals surface area contributed by atoms with Crippen LogP contribution in [0.3, 0.4) is 0 Å². The van der Waals surface area contributed by atoms with Crippen LogP contribution in [0.2, 0.25) is 0 Å². The van der Waals surface area contributed by atoms with E-state index >= 15 is 0 Å². The summed E-state index contributed by atoms with van der Waals surface area (Å²) in [6.07, 6.45) is 1.08. The second kappa shape index (κ2) is 7.64. The van der Waals surface area contributed by atoms with Crippen molar-refractivity contribution < 1.29 is 19.1 Å². The first-order valence-electron chi connectivity index (χ1n) is 8.20. The van der Waals surface area contributed by atoms with Gasteiger partial charge in [0, 0.05) is 12.6 Å². The molecular weight excluding hydrogens is 328 g/mol. The van der Waals surface area contributed by atoms with Crippen LogP contribution in [0, 0.1) is 5.92 Å². The monoisotopic (exact) mass is 352 g/mol. The number of nitrogens with zero attached hydrogens (tertiary/aromatic N) is 3. The van der Waals surface area contributed by atoms with Crippen molar-refractivity contribution in [2.24, 2.45) is 11.7 Å². The minimum absolute atomic E-state index is 0.0220. The van der Waals surface area contributed by atoms with E-state index < -0.39 is 24.2 Å². The van der Waals surface area contributed by atoms with Crippen LogP contribution in [0.15, 0.2) is 11.0 Å². The Bertz CT molecular complexity index is 713. The lowest BCUT2D eigenvalue weighted by Gasteiger charge is -2.32. The highest BCUT2D eigenvalue weighted by molar-refractivity contribution is 5.95. The Morgan fingerprint density at radius 2 is 1.96 bits per heavy atom. The van der Waals surface area contributed by atoms with E-state index in [2.05, 4.69) is 5.10 Å². The maximum Gasteiger partial charge on any atom is 0.326 e. The lowest BCUT2D eigenvalue weighted by molar-refractivity contribution is -0.152. The van der Waals surface area contributed by atoms with Crippen molar-refractivity contribution in [2.45, 2.75) is 46.3 Å². The smallest absolute Gasteiger partial charge is 0.326 e. The van der Waals surface area contributed by atoms with Gasteiger partial charge >= 0.3 is 5.97 Å². The molecule has 9 nitrogen and oxygen atoms in total. The Labute approximate surface area is 145 Å². The fourth-order valence-corrected chi connectivity index (χ4v) is 2.44. The first-order valence-corrected chi connectivity index (χ1v) is 8.20. The van der Waals surface area contributed by atoms with Crippen LogP contribution in [0.25, 0.3) is 0 Å². The lowest BCUT2D eigenvalue weighted by Crippen LogP contribution is -2.46. The number of ether oxygens (including phenoxy) is 2. The van der Waals surface area contributed by atoms with E-state index in [9.17, 15) is 14.4 Å². The van der Waals surface area contributed by atoms with E-state index in [1.807, 2.05) is 13.8 Å². The zero-order valence-corrected chi connectivity index (χ0v) is 14.9. The molecule has 2 heterocycles. The van der Waals surface area contributed by atoms with Gasteiger partial charge in [-0.25, -0.2) is 0 Å². The van der Waals surface area contributed by atoms with Gasteiger partial charge in [0.05, 0.1) is 12.7 Å². The van der Waals surface area contributed by atoms with Gasteiger partial charge in [0.25, 0.3) is 5.91 Å². The third-order valence-corrected chi connectivity index (χ3v) is 4.05. The Hall–Kier alpha value is -2.42. The van der Waals surface area contributed by atoms with Gasteiger partial charge in [0.2, 0.25) is 18.0 Å². The molecule has 0 unspecified atom stereocenters. The summed E-state index contributed by atoms with van der Waals surface area (Å²) in [5.41, 5.74) is 5.21. The van der Waals surface area contributed by atoms with E-state index in [0.717, 1.165) is 6.20 Å². The SMILES string of the molecule is CC(C)[C@H](N)C(=O)OCOc1c2n(ncc1=O)CCN(C(C)C)C2=O. The van der Waals surface area contributed by atoms with E-state index in [0.29, 0.717) is 13.1 Å². The maximum absolute atomic E-state index is 12.6. The predicted octanol–water partition coefficient (Wildman–Crippen LogP) is -0.0297. The Kier molecular flexibility index (Phi) is 5.78. The molecule has 2 N–H and O–H groups in total. The van der Waals surface area contributed by atoms with Crippen LogP contribution in [0.4, 0.5) is 0 Å². The number of hydrogen-bond donors (Lipinski definition) is 1. The van der Waals surface area contributed by atoms with Crippen LogP contribution >= 0.6 is 0 Å². The number of amides is 1. The van der Waals surface area contributed by atoms with Crippen molar-refractivity contribution in [3.63, 3.8) is 0 Å². The molecule has 0 saturated heterocycles. The van der Waals surface area contributed by atoms with Gasteiger partial charge in [-0.15, -0.1) is 0 Å². The summed E-state index contributed by atoms with van der Waals surface area (Å²) in [7, 11) is 0. The summed E-state index contributed by atoms with van der Waals surface area (Å²) in [6, 6.07) is -0.805. The predicted molar refractivity (Wildman–Crippen MR) is 89.1 cm³/mol. The van der Waals surface area contributed by atoms with E-state index in [1.54, 1.807) is 18.7 Å². The molecule has 2 rings (SSSR count). The number of esters is 1. The summed E-state index contributed by atoms with van der Waals surface area (Å²) in [5.74, 6) is -1.23. The zero-order valence-electron chi connectivity index (χ0n) is 14.9. The molecule has 1 aliphatic rings. The molecule has 1 atom stereocenters. The summed E-state index contributed by atoms with van der Waals surface area (Å²) in [6.45, 7) is 7.80.